The van der Waals surface area contributed by atoms with Crippen LogP contribution in [0, 0.1) is 0 Å². The fraction of sp³-hybridized carbons (Fsp3) is 0.300. The van der Waals surface area contributed by atoms with Gasteiger partial charge in [0.05, 0.1) is 6.04 Å². The molecule has 14 heavy (non-hydrogen) atoms. The Morgan fingerprint density at radius 2 is 1.93 bits per heavy atom. The molecule has 0 saturated heterocycles. The van der Waals surface area contributed by atoms with Gasteiger partial charge in [-0.15, -0.1) is 0 Å². The average molecular weight is 192 g/mol. The van der Waals surface area contributed by atoms with Crippen molar-refractivity contribution in [3.05, 3.63) is 30.1 Å². The van der Waals surface area contributed by atoms with Gasteiger partial charge in [-0.05, 0) is 24.6 Å². The van der Waals surface area contributed by atoms with Gasteiger partial charge in [-0.1, -0.05) is 0 Å². The molecule has 0 aromatic carbocycles. The van der Waals surface area contributed by atoms with E-state index in [4.69, 9.17) is 0 Å². The van der Waals surface area contributed by atoms with Gasteiger partial charge in [0.1, 0.15) is 0 Å². The molecule has 0 saturated carbocycles. The van der Waals surface area contributed by atoms with E-state index >= 15 is 0 Å². The van der Waals surface area contributed by atoms with Crippen molar-refractivity contribution in [1.82, 2.24) is 10.3 Å². The number of aromatic nitrogens is 1. The molecule has 4 heteroatoms. The molecular weight excluding hydrogens is 180 g/mol. The van der Waals surface area contributed by atoms with Gasteiger partial charge in [0.25, 0.3) is 5.91 Å². The first kappa shape index (κ1) is 10.4. The molecule has 0 bridgehead atoms. The molecule has 0 aliphatic heterocycles. The zero-order valence-corrected chi connectivity index (χ0v) is 8.15. The van der Waals surface area contributed by atoms with Crippen LogP contribution in [0.1, 0.15) is 25.5 Å². The highest BCUT2D eigenvalue weighted by Crippen LogP contribution is 2.09. The maximum Gasteiger partial charge on any atom is 0.287 e. The Bertz CT molecular complexity index is 335. The summed E-state index contributed by atoms with van der Waals surface area (Å²) in [5.74, 6) is -1.04. The largest absolute Gasteiger partial charge is 0.343 e. The van der Waals surface area contributed by atoms with Crippen molar-refractivity contribution >= 4 is 11.7 Å². The highest BCUT2D eigenvalue weighted by Gasteiger charge is 2.12. The lowest BCUT2D eigenvalue weighted by molar-refractivity contribution is -0.137. The van der Waals surface area contributed by atoms with Crippen LogP contribution in [0.25, 0.3) is 0 Å². The number of hydrogen-bond donors (Lipinski definition) is 1. The predicted octanol–water partition coefficient (Wildman–Crippen LogP) is 0.848. The van der Waals surface area contributed by atoms with E-state index < -0.39 is 11.7 Å². The first-order chi connectivity index (χ1) is 6.61. The molecule has 1 unspecified atom stereocenters. The molecule has 1 atom stereocenters. The lowest BCUT2D eigenvalue weighted by Crippen LogP contribution is -2.31. The molecule has 1 aromatic heterocycles. The average Bonchev–Trinajstić information content (AvgIpc) is 2.19. The zero-order valence-electron chi connectivity index (χ0n) is 8.15. The summed E-state index contributed by atoms with van der Waals surface area (Å²) in [5, 5.41) is 2.58. The first-order valence-corrected chi connectivity index (χ1v) is 4.32. The summed E-state index contributed by atoms with van der Waals surface area (Å²) >= 11 is 0. The SMILES string of the molecule is CC(=O)C(=O)NC(C)c1ccncc1. The van der Waals surface area contributed by atoms with Crippen LogP contribution in [0.15, 0.2) is 24.5 Å². The minimum Gasteiger partial charge on any atom is -0.343 e. The quantitative estimate of drug-likeness (QED) is 0.722. The zero-order chi connectivity index (χ0) is 10.6. The van der Waals surface area contributed by atoms with Crippen molar-refractivity contribution < 1.29 is 9.59 Å². The number of Topliss-reactive ketones (excluding diaryl/α,β-unsaturated/α-hetero) is 1. The molecule has 0 aliphatic carbocycles. The van der Waals surface area contributed by atoms with Crippen molar-refractivity contribution in [2.24, 2.45) is 0 Å². The van der Waals surface area contributed by atoms with E-state index in [-0.39, 0.29) is 6.04 Å². The predicted molar refractivity (Wildman–Crippen MR) is 51.5 cm³/mol. The lowest BCUT2D eigenvalue weighted by atomic mass is 10.1. The van der Waals surface area contributed by atoms with Crippen molar-refractivity contribution in [3.8, 4) is 0 Å². The third kappa shape index (κ3) is 2.65. The van der Waals surface area contributed by atoms with Crippen LogP contribution in [0.5, 0.6) is 0 Å². The summed E-state index contributed by atoms with van der Waals surface area (Å²) in [5.41, 5.74) is 0.926. The molecular formula is C10H12N2O2. The second-order valence-electron chi connectivity index (χ2n) is 3.03. The summed E-state index contributed by atoms with van der Waals surface area (Å²) < 4.78 is 0. The van der Waals surface area contributed by atoms with E-state index in [1.165, 1.54) is 6.92 Å². The van der Waals surface area contributed by atoms with Crippen molar-refractivity contribution in [1.29, 1.82) is 0 Å². The van der Waals surface area contributed by atoms with E-state index in [1.54, 1.807) is 24.5 Å². The van der Waals surface area contributed by atoms with Crippen molar-refractivity contribution in [2.75, 3.05) is 0 Å². The first-order valence-electron chi connectivity index (χ1n) is 4.32. The molecule has 0 fully saturated rings. The summed E-state index contributed by atoms with van der Waals surface area (Å²) in [6.07, 6.45) is 3.29. The van der Waals surface area contributed by atoms with Crippen LogP contribution in [0.4, 0.5) is 0 Å². The van der Waals surface area contributed by atoms with Gasteiger partial charge < -0.3 is 5.32 Å². The van der Waals surface area contributed by atoms with Crippen LogP contribution in [0.3, 0.4) is 0 Å². The fourth-order valence-corrected chi connectivity index (χ4v) is 1.03. The number of pyridine rings is 1. The van der Waals surface area contributed by atoms with E-state index in [9.17, 15) is 9.59 Å². The van der Waals surface area contributed by atoms with Crippen LogP contribution >= 0.6 is 0 Å². The van der Waals surface area contributed by atoms with E-state index in [0.29, 0.717) is 0 Å². The molecule has 1 amide bonds. The molecule has 1 N–H and O–H groups in total. The minimum atomic E-state index is -0.561. The normalized spacial score (nSPS) is 11.9. The van der Waals surface area contributed by atoms with Crippen LogP contribution in [-0.4, -0.2) is 16.7 Å². The van der Waals surface area contributed by atoms with Gasteiger partial charge in [0, 0.05) is 19.3 Å². The standard InChI is InChI=1S/C10H12N2O2/c1-7(12-10(14)8(2)13)9-3-5-11-6-4-9/h3-7H,1-2H3,(H,12,14). The number of nitrogens with one attached hydrogen (secondary N) is 1. The number of amides is 1. The van der Waals surface area contributed by atoms with Gasteiger partial charge >= 0.3 is 0 Å². The summed E-state index contributed by atoms with van der Waals surface area (Å²) in [6, 6.07) is 3.42. The Morgan fingerprint density at radius 1 is 1.36 bits per heavy atom. The van der Waals surface area contributed by atoms with E-state index in [1.807, 2.05) is 6.92 Å². The highest BCUT2D eigenvalue weighted by atomic mass is 16.2. The minimum absolute atomic E-state index is 0.172. The van der Waals surface area contributed by atoms with Gasteiger partial charge in [-0.2, -0.15) is 0 Å². The fourth-order valence-electron chi connectivity index (χ4n) is 1.03. The molecule has 0 aliphatic rings. The molecule has 0 radical (unpaired) electrons. The summed E-state index contributed by atoms with van der Waals surface area (Å²) in [4.78, 5) is 25.6. The second-order valence-corrected chi connectivity index (χ2v) is 3.03. The van der Waals surface area contributed by atoms with Crippen LogP contribution < -0.4 is 5.32 Å². The Kier molecular flexibility index (Phi) is 3.34. The Balaban J connectivity index is 2.64. The molecule has 0 spiro atoms. The maximum atomic E-state index is 11.1. The molecule has 1 heterocycles. The number of carbonyl (C=O) groups excluding carboxylic acids is 2. The Labute approximate surface area is 82.3 Å². The van der Waals surface area contributed by atoms with Gasteiger partial charge in [0.15, 0.2) is 0 Å². The third-order valence-electron chi connectivity index (χ3n) is 1.87. The Morgan fingerprint density at radius 3 is 2.43 bits per heavy atom. The molecule has 4 nitrogen and oxygen atoms in total. The smallest absolute Gasteiger partial charge is 0.287 e. The van der Waals surface area contributed by atoms with E-state index in [0.717, 1.165) is 5.56 Å². The topological polar surface area (TPSA) is 59.1 Å². The van der Waals surface area contributed by atoms with Crippen molar-refractivity contribution in [3.63, 3.8) is 0 Å². The van der Waals surface area contributed by atoms with Gasteiger partial charge in [-0.3, -0.25) is 14.6 Å². The van der Waals surface area contributed by atoms with Gasteiger partial charge in [0.2, 0.25) is 5.78 Å². The number of carbonyl (C=O) groups is 2. The third-order valence-corrected chi connectivity index (χ3v) is 1.87. The molecule has 1 aromatic rings. The monoisotopic (exact) mass is 192 g/mol. The van der Waals surface area contributed by atoms with E-state index in [2.05, 4.69) is 10.3 Å². The van der Waals surface area contributed by atoms with Crippen molar-refractivity contribution in [2.45, 2.75) is 19.9 Å². The maximum absolute atomic E-state index is 11.1. The lowest BCUT2D eigenvalue weighted by Gasteiger charge is -2.12. The summed E-state index contributed by atoms with van der Waals surface area (Å²) in [6.45, 7) is 3.06. The highest BCUT2D eigenvalue weighted by molar-refractivity contribution is 6.35. The number of ketones is 1. The van der Waals surface area contributed by atoms with Crippen LogP contribution in [0.2, 0.25) is 0 Å². The number of hydrogen-bond acceptors (Lipinski definition) is 3. The Hall–Kier alpha value is -1.71. The second kappa shape index (κ2) is 4.50. The number of nitrogens with zero attached hydrogens (tertiary/aromatic N) is 1. The molecule has 1 rings (SSSR count). The number of rotatable bonds is 3. The van der Waals surface area contributed by atoms with Crippen LogP contribution in [-0.2, 0) is 9.59 Å². The molecule has 74 valence electrons. The summed E-state index contributed by atoms with van der Waals surface area (Å²) in [7, 11) is 0. The van der Waals surface area contributed by atoms with Gasteiger partial charge in [-0.25, -0.2) is 0 Å².